The van der Waals surface area contributed by atoms with Crippen molar-refractivity contribution in [1.29, 1.82) is 0 Å². The zero-order chi connectivity index (χ0) is 15.5. The van der Waals surface area contributed by atoms with Crippen LogP contribution in [0.25, 0.3) is 0 Å². The van der Waals surface area contributed by atoms with Crippen molar-refractivity contribution in [3.05, 3.63) is 39.9 Å². The molecule has 116 valence electrons. The molecule has 2 aromatic rings. The Labute approximate surface area is 138 Å². The summed E-state index contributed by atoms with van der Waals surface area (Å²) in [6, 6.07) is 7.77. The highest BCUT2D eigenvalue weighted by Gasteiger charge is 2.29. The van der Waals surface area contributed by atoms with E-state index in [1.807, 2.05) is 24.3 Å². The molecule has 0 aliphatic carbocycles. The summed E-state index contributed by atoms with van der Waals surface area (Å²) in [5.41, 5.74) is 1.16. The molecule has 22 heavy (non-hydrogen) atoms. The van der Waals surface area contributed by atoms with Crippen molar-refractivity contribution >= 4 is 34.0 Å². The van der Waals surface area contributed by atoms with Gasteiger partial charge in [0.25, 0.3) is 0 Å². The third kappa shape index (κ3) is 3.39. The van der Waals surface area contributed by atoms with Crippen LogP contribution in [0.2, 0.25) is 5.02 Å². The van der Waals surface area contributed by atoms with Gasteiger partial charge in [-0.15, -0.1) is 10.2 Å². The quantitative estimate of drug-likeness (QED) is 0.931. The number of nitrogens with zero attached hydrogens (tertiary/aromatic N) is 3. The SMILES string of the molecule is CNC(=O)C1CCN(c2nnc(Cc3ccc(Cl)cc3)s2)C1. The number of carbonyl (C=O) groups is 1. The van der Waals surface area contributed by atoms with Gasteiger partial charge in [0.15, 0.2) is 0 Å². The van der Waals surface area contributed by atoms with E-state index < -0.39 is 0 Å². The largest absolute Gasteiger partial charge is 0.359 e. The van der Waals surface area contributed by atoms with Gasteiger partial charge in [-0.05, 0) is 24.1 Å². The number of benzene rings is 1. The summed E-state index contributed by atoms with van der Waals surface area (Å²) in [6.07, 6.45) is 1.62. The molecule has 1 N–H and O–H groups in total. The molecule has 1 unspecified atom stereocenters. The Kier molecular flexibility index (Phi) is 4.59. The highest BCUT2D eigenvalue weighted by atomic mass is 35.5. The Balaban J connectivity index is 1.64. The average Bonchev–Trinajstić information content (AvgIpc) is 3.18. The van der Waals surface area contributed by atoms with Gasteiger partial charge in [-0.25, -0.2) is 0 Å². The van der Waals surface area contributed by atoms with E-state index in [0.717, 1.165) is 46.7 Å². The molecule has 3 rings (SSSR count). The maximum atomic E-state index is 11.7. The summed E-state index contributed by atoms with van der Waals surface area (Å²) in [5.74, 6) is 0.155. The van der Waals surface area contributed by atoms with E-state index in [9.17, 15) is 4.79 Å². The number of hydrogen-bond donors (Lipinski definition) is 1. The minimum Gasteiger partial charge on any atom is -0.359 e. The summed E-state index contributed by atoms with van der Waals surface area (Å²) >= 11 is 7.48. The number of nitrogens with one attached hydrogen (secondary N) is 1. The van der Waals surface area contributed by atoms with Crippen LogP contribution >= 0.6 is 22.9 Å². The number of rotatable bonds is 4. The molecule has 5 nitrogen and oxygen atoms in total. The first-order chi connectivity index (χ1) is 10.7. The molecule has 1 amide bonds. The molecule has 0 spiro atoms. The Bertz CT molecular complexity index is 658. The van der Waals surface area contributed by atoms with Gasteiger partial charge in [0, 0.05) is 31.6 Å². The summed E-state index contributed by atoms with van der Waals surface area (Å²) in [7, 11) is 1.68. The molecule has 0 saturated carbocycles. The second-order valence-electron chi connectivity index (χ2n) is 5.33. The van der Waals surface area contributed by atoms with Crippen LogP contribution in [0, 0.1) is 5.92 Å². The predicted octanol–water partition coefficient (Wildman–Crippen LogP) is 2.35. The van der Waals surface area contributed by atoms with Crippen molar-refractivity contribution in [3.63, 3.8) is 0 Å². The van der Waals surface area contributed by atoms with Gasteiger partial charge in [-0.2, -0.15) is 0 Å². The highest BCUT2D eigenvalue weighted by molar-refractivity contribution is 7.15. The Morgan fingerprint density at radius 1 is 1.41 bits per heavy atom. The van der Waals surface area contributed by atoms with Gasteiger partial charge in [0.2, 0.25) is 11.0 Å². The van der Waals surface area contributed by atoms with Crippen LogP contribution in [0.4, 0.5) is 5.13 Å². The monoisotopic (exact) mass is 336 g/mol. The molecule has 0 bridgehead atoms. The van der Waals surface area contributed by atoms with E-state index in [2.05, 4.69) is 20.4 Å². The van der Waals surface area contributed by atoms with Crippen LogP contribution in [0.3, 0.4) is 0 Å². The minimum absolute atomic E-state index is 0.0496. The lowest BCUT2D eigenvalue weighted by Crippen LogP contribution is -2.30. The van der Waals surface area contributed by atoms with Crippen LogP contribution in [0.1, 0.15) is 17.0 Å². The lowest BCUT2D eigenvalue weighted by molar-refractivity contribution is -0.123. The second kappa shape index (κ2) is 6.62. The van der Waals surface area contributed by atoms with Crippen molar-refractivity contribution in [1.82, 2.24) is 15.5 Å². The number of anilines is 1. The van der Waals surface area contributed by atoms with Crippen molar-refractivity contribution in [2.45, 2.75) is 12.8 Å². The van der Waals surface area contributed by atoms with Crippen LogP contribution in [0.15, 0.2) is 24.3 Å². The molecule has 1 saturated heterocycles. The smallest absolute Gasteiger partial charge is 0.224 e. The summed E-state index contributed by atoms with van der Waals surface area (Å²) in [6.45, 7) is 1.57. The molecule has 1 atom stereocenters. The van der Waals surface area contributed by atoms with E-state index in [0.29, 0.717) is 0 Å². The Morgan fingerprint density at radius 2 is 2.18 bits per heavy atom. The minimum atomic E-state index is 0.0496. The molecule has 2 heterocycles. The lowest BCUT2D eigenvalue weighted by atomic mass is 10.1. The molecule has 0 radical (unpaired) electrons. The van der Waals surface area contributed by atoms with Crippen LogP contribution < -0.4 is 10.2 Å². The van der Waals surface area contributed by atoms with Gasteiger partial charge in [-0.1, -0.05) is 35.1 Å². The van der Waals surface area contributed by atoms with E-state index >= 15 is 0 Å². The first-order valence-electron chi connectivity index (χ1n) is 7.19. The predicted molar refractivity (Wildman–Crippen MR) is 88.6 cm³/mol. The van der Waals surface area contributed by atoms with E-state index in [-0.39, 0.29) is 11.8 Å². The molecule has 1 fully saturated rings. The van der Waals surface area contributed by atoms with Crippen molar-refractivity contribution in [2.75, 3.05) is 25.0 Å². The topological polar surface area (TPSA) is 58.1 Å². The number of amides is 1. The third-order valence-corrected chi connectivity index (χ3v) is 5.04. The first-order valence-corrected chi connectivity index (χ1v) is 8.38. The van der Waals surface area contributed by atoms with Crippen LogP contribution in [-0.2, 0) is 11.2 Å². The Morgan fingerprint density at radius 3 is 2.91 bits per heavy atom. The van der Waals surface area contributed by atoms with Gasteiger partial charge in [0.05, 0.1) is 5.92 Å². The lowest BCUT2D eigenvalue weighted by Gasteiger charge is -2.13. The second-order valence-corrected chi connectivity index (χ2v) is 6.80. The summed E-state index contributed by atoms with van der Waals surface area (Å²) in [4.78, 5) is 13.8. The van der Waals surface area contributed by atoms with Gasteiger partial charge in [0.1, 0.15) is 5.01 Å². The first kappa shape index (κ1) is 15.2. The molecule has 1 aliphatic rings. The normalized spacial score (nSPS) is 17.7. The van der Waals surface area contributed by atoms with E-state index in [1.54, 1.807) is 18.4 Å². The maximum Gasteiger partial charge on any atom is 0.224 e. The number of aromatic nitrogens is 2. The fraction of sp³-hybridized carbons (Fsp3) is 0.400. The van der Waals surface area contributed by atoms with Gasteiger partial charge >= 0.3 is 0 Å². The molecule has 7 heteroatoms. The molecule has 1 aromatic carbocycles. The van der Waals surface area contributed by atoms with E-state index in [1.165, 1.54) is 0 Å². The fourth-order valence-corrected chi connectivity index (χ4v) is 3.61. The maximum absolute atomic E-state index is 11.7. The van der Waals surface area contributed by atoms with Gasteiger partial charge in [-0.3, -0.25) is 4.79 Å². The van der Waals surface area contributed by atoms with Gasteiger partial charge < -0.3 is 10.2 Å². The average molecular weight is 337 g/mol. The van der Waals surface area contributed by atoms with Crippen molar-refractivity contribution < 1.29 is 4.79 Å². The summed E-state index contributed by atoms with van der Waals surface area (Å²) < 4.78 is 0. The molecule has 1 aliphatic heterocycles. The number of hydrogen-bond acceptors (Lipinski definition) is 5. The van der Waals surface area contributed by atoms with E-state index in [4.69, 9.17) is 11.6 Å². The fourth-order valence-electron chi connectivity index (χ4n) is 2.57. The molecular weight excluding hydrogens is 320 g/mol. The Hall–Kier alpha value is -1.66. The van der Waals surface area contributed by atoms with Crippen LogP contribution in [-0.4, -0.2) is 36.2 Å². The number of halogens is 1. The van der Waals surface area contributed by atoms with Crippen LogP contribution in [0.5, 0.6) is 0 Å². The number of carbonyl (C=O) groups excluding carboxylic acids is 1. The highest BCUT2D eigenvalue weighted by Crippen LogP contribution is 2.28. The third-order valence-electron chi connectivity index (χ3n) is 3.80. The molecule has 1 aromatic heterocycles. The standard InChI is InChI=1S/C15H17ClN4OS/c1-17-14(21)11-6-7-20(9-11)15-19-18-13(22-15)8-10-2-4-12(16)5-3-10/h2-5,11H,6-9H2,1H3,(H,17,21). The van der Waals surface area contributed by atoms with Crippen molar-refractivity contribution in [2.24, 2.45) is 5.92 Å². The zero-order valence-corrected chi connectivity index (χ0v) is 13.8. The molecular formula is C15H17ClN4OS. The summed E-state index contributed by atoms with van der Waals surface area (Å²) in [5, 5.41) is 13.8. The zero-order valence-electron chi connectivity index (χ0n) is 12.3. The van der Waals surface area contributed by atoms with Crippen molar-refractivity contribution in [3.8, 4) is 0 Å².